The topological polar surface area (TPSA) is 47.0 Å². The van der Waals surface area contributed by atoms with Crippen LogP contribution in [0, 0.1) is 0 Å². The second-order valence-electron chi connectivity index (χ2n) is 5.73. The average molecular weight is 408 g/mol. The molecule has 4 nitrogen and oxygen atoms in total. The molecule has 0 aliphatic carbocycles. The first kappa shape index (κ1) is 19.0. The molecule has 7 heteroatoms. The van der Waals surface area contributed by atoms with E-state index in [0.29, 0.717) is 22.5 Å². The number of nitrogens with zero attached hydrogens (tertiary/aromatic N) is 2. The maximum absolute atomic E-state index is 6.25. The third-order valence-electron chi connectivity index (χ3n) is 3.70. The molecule has 0 unspecified atom stereocenters. The molecule has 0 spiro atoms. The number of halogens is 2. The normalized spacial score (nSPS) is 10.7. The molecule has 1 N–H and O–H groups in total. The molecule has 2 heterocycles. The number of benzene rings is 1. The van der Waals surface area contributed by atoms with Crippen LogP contribution in [-0.2, 0) is 0 Å². The van der Waals surface area contributed by atoms with Gasteiger partial charge in [-0.3, -0.25) is 0 Å². The van der Waals surface area contributed by atoms with Crippen LogP contribution in [0.4, 0.5) is 10.8 Å². The van der Waals surface area contributed by atoms with Crippen LogP contribution in [0.25, 0.3) is 11.3 Å². The van der Waals surface area contributed by atoms with Crippen LogP contribution in [0.5, 0.6) is 5.88 Å². The number of rotatable bonds is 8. The molecule has 1 aromatic carbocycles. The molecule has 0 radical (unpaired) electrons. The van der Waals surface area contributed by atoms with E-state index in [-0.39, 0.29) is 0 Å². The fraction of sp³-hybridized carbons (Fsp3) is 0.263. The van der Waals surface area contributed by atoms with E-state index in [1.54, 1.807) is 18.3 Å². The van der Waals surface area contributed by atoms with E-state index in [4.69, 9.17) is 27.9 Å². The summed E-state index contributed by atoms with van der Waals surface area (Å²) in [6, 6.07) is 9.18. The molecular formula is C19H19Cl2N3OS. The smallest absolute Gasteiger partial charge is 0.213 e. The summed E-state index contributed by atoms with van der Waals surface area (Å²) in [5, 5.41) is 7.16. The van der Waals surface area contributed by atoms with Gasteiger partial charge in [-0.05, 0) is 30.7 Å². The molecule has 0 fully saturated rings. The predicted octanol–water partition coefficient (Wildman–Crippen LogP) is 6.82. The van der Waals surface area contributed by atoms with Crippen LogP contribution >= 0.6 is 34.5 Å². The summed E-state index contributed by atoms with van der Waals surface area (Å²) >= 11 is 13.7. The Morgan fingerprint density at radius 3 is 2.77 bits per heavy atom. The Balaban J connectivity index is 1.62. The SMILES string of the molecule is CCCCCOc1ccc(Nc2nc(-c3ccc(Cl)cc3Cl)cs2)cn1. The predicted molar refractivity (Wildman–Crippen MR) is 110 cm³/mol. The summed E-state index contributed by atoms with van der Waals surface area (Å²) in [7, 11) is 0. The largest absolute Gasteiger partial charge is 0.478 e. The van der Waals surface area contributed by atoms with E-state index >= 15 is 0 Å². The summed E-state index contributed by atoms with van der Waals surface area (Å²) in [4.78, 5) is 8.90. The van der Waals surface area contributed by atoms with Gasteiger partial charge < -0.3 is 10.1 Å². The Morgan fingerprint density at radius 2 is 2.04 bits per heavy atom. The Labute approximate surface area is 167 Å². The number of anilines is 2. The van der Waals surface area contributed by atoms with E-state index < -0.39 is 0 Å². The van der Waals surface area contributed by atoms with Gasteiger partial charge in [-0.25, -0.2) is 9.97 Å². The maximum Gasteiger partial charge on any atom is 0.213 e. The van der Waals surface area contributed by atoms with Crippen molar-refractivity contribution in [2.75, 3.05) is 11.9 Å². The van der Waals surface area contributed by atoms with Crippen LogP contribution in [0.15, 0.2) is 41.9 Å². The minimum absolute atomic E-state index is 0.584. The molecule has 3 rings (SSSR count). The van der Waals surface area contributed by atoms with Crippen molar-refractivity contribution < 1.29 is 4.74 Å². The first-order valence-corrected chi connectivity index (χ1v) is 10.1. The van der Waals surface area contributed by atoms with Crippen LogP contribution < -0.4 is 10.1 Å². The van der Waals surface area contributed by atoms with Gasteiger partial charge in [0.25, 0.3) is 0 Å². The van der Waals surface area contributed by atoms with Gasteiger partial charge in [-0.15, -0.1) is 11.3 Å². The van der Waals surface area contributed by atoms with Crippen LogP contribution in [0.3, 0.4) is 0 Å². The van der Waals surface area contributed by atoms with Crippen molar-refractivity contribution >= 4 is 45.4 Å². The lowest BCUT2D eigenvalue weighted by Crippen LogP contribution is -1.99. The Hall–Kier alpha value is -1.82. The molecule has 136 valence electrons. The molecule has 0 saturated carbocycles. The number of hydrogen-bond acceptors (Lipinski definition) is 5. The lowest BCUT2D eigenvalue weighted by molar-refractivity contribution is 0.295. The van der Waals surface area contributed by atoms with Crippen molar-refractivity contribution in [1.82, 2.24) is 9.97 Å². The van der Waals surface area contributed by atoms with Gasteiger partial charge in [0.2, 0.25) is 5.88 Å². The summed E-state index contributed by atoms with van der Waals surface area (Å²) in [6.45, 7) is 2.87. The quantitative estimate of drug-likeness (QED) is 0.415. The van der Waals surface area contributed by atoms with Crippen molar-refractivity contribution in [3.05, 3.63) is 52.0 Å². The van der Waals surface area contributed by atoms with Crippen molar-refractivity contribution in [1.29, 1.82) is 0 Å². The van der Waals surface area contributed by atoms with Crippen molar-refractivity contribution in [3.8, 4) is 17.1 Å². The lowest BCUT2D eigenvalue weighted by Gasteiger charge is -2.06. The molecule has 0 amide bonds. The van der Waals surface area contributed by atoms with Crippen molar-refractivity contribution in [3.63, 3.8) is 0 Å². The van der Waals surface area contributed by atoms with Gasteiger partial charge in [-0.2, -0.15) is 0 Å². The van der Waals surface area contributed by atoms with Crippen LogP contribution in [0.2, 0.25) is 10.0 Å². The fourth-order valence-corrected chi connectivity index (χ4v) is 3.58. The third kappa shape index (κ3) is 5.10. The highest BCUT2D eigenvalue weighted by Crippen LogP contribution is 2.33. The van der Waals surface area contributed by atoms with Crippen molar-refractivity contribution in [2.24, 2.45) is 0 Å². The fourth-order valence-electron chi connectivity index (χ4n) is 2.34. The van der Waals surface area contributed by atoms with Crippen LogP contribution in [0.1, 0.15) is 26.2 Å². The zero-order valence-corrected chi connectivity index (χ0v) is 16.7. The zero-order valence-electron chi connectivity index (χ0n) is 14.3. The molecule has 0 atom stereocenters. The molecule has 0 aliphatic heterocycles. The number of hydrogen-bond donors (Lipinski definition) is 1. The Bertz CT molecular complexity index is 852. The van der Waals surface area contributed by atoms with Gasteiger partial charge in [0.1, 0.15) is 0 Å². The van der Waals surface area contributed by atoms with Crippen molar-refractivity contribution in [2.45, 2.75) is 26.2 Å². The molecule has 2 aromatic heterocycles. The first-order valence-electron chi connectivity index (χ1n) is 8.42. The first-order chi connectivity index (χ1) is 12.7. The molecule has 0 aliphatic rings. The molecule has 0 saturated heterocycles. The minimum atomic E-state index is 0.584. The molecule has 0 bridgehead atoms. The number of ether oxygens (including phenoxy) is 1. The molecule has 3 aromatic rings. The summed E-state index contributed by atoms with van der Waals surface area (Å²) in [5.41, 5.74) is 2.52. The average Bonchev–Trinajstić information content (AvgIpc) is 3.08. The lowest BCUT2D eigenvalue weighted by atomic mass is 10.2. The van der Waals surface area contributed by atoms with E-state index in [1.807, 2.05) is 23.6 Å². The van der Waals surface area contributed by atoms with E-state index in [2.05, 4.69) is 22.2 Å². The number of unbranched alkanes of at least 4 members (excludes halogenated alkanes) is 2. The van der Waals surface area contributed by atoms with Gasteiger partial charge >= 0.3 is 0 Å². The number of nitrogens with one attached hydrogen (secondary N) is 1. The highest BCUT2D eigenvalue weighted by molar-refractivity contribution is 7.14. The highest BCUT2D eigenvalue weighted by atomic mass is 35.5. The number of thiazole rings is 1. The van der Waals surface area contributed by atoms with E-state index in [0.717, 1.165) is 28.5 Å². The Morgan fingerprint density at radius 1 is 1.15 bits per heavy atom. The summed E-state index contributed by atoms with van der Waals surface area (Å²) in [6.07, 6.45) is 5.14. The number of pyridine rings is 1. The van der Waals surface area contributed by atoms with Crippen LogP contribution in [-0.4, -0.2) is 16.6 Å². The van der Waals surface area contributed by atoms with Gasteiger partial charge in [0.15, 0.2) is 5.13 Å². The van der Waals surface area contributed by atoms with Gasteiger partial charge in [-0.1, -0.05) is 43.0 Å². The third-order valence-corrected chi connectivity index (χ3v) is 5.00. The second kappa shape index (κ2) is 9.21. The second-order valence-corrected chi connectivity index (χ2v) is 7.43. The minimum Gasteiger partial charge on any atom is -0.478 e. The van der Waals surface area contributed by atoms with Gasteiger partial charge in [0, 0.05) is 22.0 Å². The number of aromatic nitrogens is 2. The summed E-state index contributed by atoms with van der Waals surface area (Å²) < 4.78 is 5.62. The zero-order chi connectivity index (χ0) is 18.4. The molecular weight excluding hydrogens is 389 g/mol. The Kier molecular flexibility index (Phi) is 6.72. The standard InChI is InChI=1S/C19H19Cl2N3OS/c1-2-3-4-9-25-18-8-6-14(11-22-18)23-19-24-17(12-26-19)15-7-5-13(20)10-16(15)21/h5-8,10-12H,2-4,9H2,1H3,(H,23,24). The van der Waals surface area contributed by atoms with Gasteiger partial charge in [0.05, 0.1) is 29.2 Å². The monoisotopic (exact) mass is 407 g/mol. The van der Waals surface area contributed by atoms with E-state index in [9.17, 15) is 0 Å². The summed E-state index contributed by atoms with van der Waals surface area (Å²) in [5.74, 6) is 0.638. The molecule has 26 heavy (non-hydrogen) atoms. The van der Waals surface area contributed by atoms with E-state index in [1.165, 1.54) is 24.2 Å². The highest BCUT2D eigenvalue weighted by Gasteiger charge is 2.09. The maximum atomic E-state index is 6.25.